The van der Waals surface area contributed by atoms with Crippen LogP contribution in [0, 0.1) is 22.7 Å². The SMILES string of the molecule is N#Cc1c(N)nc(SCc2csc(-c3ccc(Cl)cc3)n2)c(C#N)c1-c1ccc(OCCOC(=O)I)cc1. The van der Waals surface area contributed by atoms with Crippen LogP contribution in [0.25, 0.3) is 21.7 Å². The van der Waals surface area contributed by atoms with Gasteiger partial charge in [0.1, 0.15) is 52.5 Å². The molecule has 2 aromatic carbocycles. The third-order valence-corrected chi connectivity index (χ3v) is 7.64. The Labute approximate surface area is 245 Å². The number of halogens is 2. The molecule has 0 aliphatic heterocycles. The summed E-state index contributed by atoms with van der Waals surface area (Å²) in [7, 11) is 0. The van der Waals surface area contributed by atoms with Crippen molar-refractivity contribution in [2.75, 3.05) is 18.9 Å². The molecule has 190 valence electrons. The molecule has 8 nitrogen and oxygen atoms in total. The van der Waals surface area contributed by atoms with E-state index in [0.29, 0.717) is 32.7 Å². The van der Waals surface area contributed by atoms with Gasteiger partial charge in [0.05, 0.1) is 33.8 Å². The first kappa shape index (κ1) is 27.7. The maximum atomic E-state index is 10.9. The summed E-state index contributed by atoms with van der Waals surface area (Å²) in [4.78, 5) is 19.9. The van der Waals surface area contributed by atoms with Gasteiger partial charge in [-0.1, -0.05) is 47.6 Å². The van der Waals surface area contributed by atoms with E-state index < -0.39 is 3.98 Å². The van der Waals surface area contributed by atoms with Crippen LogP contribution in [0.5, 0.6) is 5.75 Å². The zero-order valence-electron chi connectivity index (χ0n) is 19.5. The van der Waals surface area contributed by atoms with Crippen LogP contribution in [-0.4, -0.2) is 27.2 Å². The molecule has 0 saturated carbocycles. The Balaban J connectivity index is 1.56. The molecule has 2 heterocycles. The van der Waals surface area contributed by atoms with Crippen molar-refractivity contribution >= 4 is 67.1 Å². The van der Waals surface area contributed by atoms with Gasteiger partial charge in [-0.25, -0.2) is 14.8 Å². The molecule has 0 atom stereocenters. The minimum Gasteiger partial charge on any atom is -0.490 e. The molecule has 4 aromatic rings. The van der Waals surface area contributed by atoms with Crippen molar-refractivity contribution in [2.45, 2.75) is 10.8 Å². The molecule has 2 N–H and O–H groups in total. The average molecular weight is 674 g/mol. The third kappa shape index (κ3) is 6.74. The highest BCUT2D eigenvalue weighted by atomic mass is 127. The van der Waals surface area contributed by atoms with Gasteiger partial charge >= 0.3 is 3.98 Å². The Morgan fingerprint density at radius 3 is 2.37 bits per heavy atom. The van der Waals surface area contributed by atoms with Gasteiger partial charge in [-0.3, -0.25) is 0 Å². The van der Waals surface area contributed by atoms with Crippen LogP contribution in [0.1, 0.15) is 16.8 Å². The van der Waals surface area contributed by atoms with Gasteiger partial charge in [0.25, 0.3) is 0 Å². The van der Waals surface area contributed by atoms with Gasteiger partial charge in [-0.15, -0.1) is 11.3 Å². The van der Waals surface area contributed by atoms with Crippen molar-refractivity contribution in [1.29, 1.82) is 10.5 Å². The minimum absolute atomic E-state index is 0.0464. The van der Waals surface area contributed by atoms with E-state index in [9.17, 15) is 15.3 Å². The molecule has 12 heteroatoms. The number of rotatable bonds is 9. The maximum Gasteiger partial charge on any atom is 0.367 e. The summed E-state index contributed by atoms with van der Waals surface area (Å²) in [5.41, 5.74) is 9.37. The number of ether oxygens (including phenoxy) is 2. The number of nitrogen functional groups attached to an aromatic ring is 1. The van der Waals surface area contributed by atoms with Gasteiger partial charge in [-0.2, -0.15) is 10.5 Å². The quantitative estimate of drug-likeness (QED) is 0.0855. The summed E-state index contributed by atoms with van der Waals surface area (Å²) in [6.45, 7) is 0.322. The fourth-order valence-electron chi connectivity index (χ4n) is 3.43. The molecule has 0 unspecified atom stereocenters. The maximum absolute atomic E-state index is 10.9. The van der Waals surface area contributed by atoms with Crippen molar-refractivity contribution in [3.8, 4) is 39.6 Å². The first-order valence-electron chi connectivity index (χ1n) is 10.9. The molecule has 4 rings (SSSR count). The number of benzene rings is 2. The second kappa shape index (κ2) is 12.9. The summed E-state index contributed by atoms with van der Waals surface area (Å²) < 4.78 is 10.0. The molecule has 0 amide bonds. The normalized spacial score (nSPS) is 10.4. The predicted molar refractivity (Wildman–Crippen MR) is 156 cm³/mol. The number of thioether (sulfide) groups is 1. The number of nitriles is 2. The first-order valence-corrected chi connectivity index (χ1v) is 14.2. The van der Waals surface area contributed by atoms with Gasteiger partial charge in [-0.05, 0) is 29.8 Å². The van der Waals surface area contributed by atoms with Crippen molar-refractivity contribution in [1.82, 2.24) is 9.97 Å². The standard InChI is InChI=1S/C26H17ClIN5O3S2/c27-17-5-1-16(2-6-17)24-32-18(13-37-24)14-38-25-21(12-30)22(20(11-29)23(31)33-25)15-3-7-19(8-4-15)35-9-10-36-26(28)34/h1-8,13H,9-10,14H2,(H2,31,33). The number of anilines is 1. The molecular weight excluding hydrogens is 657 g/mol. The van der Waals surface area contributed by atoms with Crippen molar-refractivity contribution in [3.63, 3.8) is 0 Å². The number of pyridine rings is 1. The van der Waals surface area contributed by atoms with Crippen LogP contribution in [-0.2, 0) is 10.5 Å². The number of thiazole rings is 1. The largest absolute Gasteiger partial charge is 0.490 e. The lowest BCUT2D eigenvalue weighted by molar-refractivity contribution is 0.152. The number of aromatic nitrogens is 2. The topological polar surface area (TPSA) is 135 Å². The third-order valence-electron chi connectivity index (χ3n) is 5.13. The number of hydrogen-bond acceptors (Lipinski definition) is 10. The molecule has 2 aromatic heterocycles. The number of carbonyl (C=O) groups excluding carboxylic acids is 1. The van der Waals surface area contributed by atoms with Crippen LogP contribution in [0.4, 0.5) is 10.6 Å². The number of nitrogens with two attached hydrogens (primary N) is 1. The average Bonchev–Trinajstić information content (AvgIpc) is 3.39. The summed E-state index contributed by atoms with van der Waals surface area (Å²) in [6, 6.07) is 18.6. The Morgan fingerprint density at radius 1 is 1.03 bits per heavy atom. The highest BCUT2D eigenvalue weighted by molar-refractivity contribution is 14.1. The van der Waals surface area contributed by atoms with Gasteiger partial charge in [0, 0.05) is 27.3 Å². The molecule has 0 spiro atoms. The lowest BCUT2D eigenvalue weighted by Gasteiger charge is -2.13. The molecule has 0 aliphatic carbocycles. The van der Waals surface area contributed by atoms with Gasteiger partial charge in [0.2, 0.25) is 0 Å². The van der Waals surface area contributed by atoms with Crippen LogP contribution < -0.4 is 10.5 Å². The second-order valence-corrected chi connectivity index (χ2v) is 10.7. The van der Waals surface area contributed by atoms with Crippen LogP contribution >= 0.6 is 57.3 Å². The van der Waals surface area contributed by atoms with E-state index >= 15 is 0 Å². The fraction of sp³-hybridized carbons (Fsp3) is 0.115. The predicted octanol–water partition coefficient (Wildman–Crippen LogP) is 7.09. The Bertz CT molecular complexity index is 1550. The molecule has 0 bridgehead atoms. The van der Waals surface area contributed by atoms with E-state index in [1.165, 1.54) is 23.1 Å². The number of hydrogen-bond donors (Lipinski definition) is 1. The fourth-order valence-corrected chi connectivity index (χ4v) is 5.60. The van der Waals surface area contributed by atoms with E-state index in [2.05, 4.69) is 22.1 Å². The van der Waals surface area contributed by atoms with Crippen molar-refractivity contribution in [2.24, 2.45) is 0 Å². The summed E-state index contributed by atoms with van der Waals surface area (Å²) in [5.74, 6) is 1.06. The number of carbonyl (C=O) groups is 1. The smallest absolute Gasteiger partial charge is 0.367 e. The molecule has 0 aliphatic rings. The Kier molecular flexibility index (Phi) is 9.42. The highest BCUT2D eigenvalue weighted by Gasteiger charge is 2.21. The summed E-state index contributed by atoms with van der Waals surface area (Å²) in [5, 5.41) is 23.7. The van der Waals surface area contributed by atoms with E-state index in [1.54, 1.807) is 46.9 Å². The molecule has 38 heavy (non-hydrogen) atoms. The first-order chi connectivity index (χ1) is 18.4. The Hall–Kier alpha value is -3.36. The zero-order valence-corrected chi connectivity index (χ0v) is 24.0. The van der Waals surface area contributed by atoms with E-state index in [-0.39, 0.29) is 30.2 Å². The van der Waals surface area contributed by atoms with E-state index in [4.69, 9.17) is 26.8 Å². The molecular formula is C26H17ClIN5O3S2. The summed E-state index contributed by atoms with van der Waals surface area (Å²) in [6.07, 6.45) is 0. The van der Waals surface area contributed by atoms with Crippen LogP contribution in [0.2, 0.25) is 5.02 Å². The Morgan fingerprint density at radius 2 is 1.71 bits per heavy atom. The molecule has 0 saturated heterocycles. The monoisotopic (exact) mass is 673 g/mol. The van der Waals surface area contributed by atoms with Gasteiger partial charge in [0.15, 0.2) is 0 Å². The molecule has 0 radical (unpaired) electrons. The second-order valence-electron chi connectivity index (χ2n) is 7.55. The minimum atomic E-state index is -0.407. The lowest BCUT2D eigenvalue weighted by Crippen LogP contribution is -2.07. The van der Waals surface area contributed by atoms with Crippen LogP contribution in [0.15, 0.2) is 58.9 Å². The van der Waals surface area contributed by atoms with Crippen LogP contribution in [0.3, 0.4) is 0 Å². The van der Waals surface area contributed by atoms with Gasteiger partial charge < -0.3 is 15.2 Å². The highest BCUT2D eigenvalue weighted by Crippen LogP contribution is 2.37. The van der Waals surface area contributed by atoms with Crippen molar-refractivity contribution in [3.05, 3.63) is 75.8 Å². The molecule has 0 fully saturated rings. The summed E-state index contributed by atoms with van der Waals surface area (Å²) >= 11 is 10.4. The van der Waals surface area contributed by atoms with Crippen molar-refractivity contribution < 1.29 is 14.3 Å². The number of nitrogens with zero attached hydrogens (tertiary/aromatic N) is 4. The van der Waals surface area contributed by atoms with E-state index in [1.807, 2.05) is 29.6 Å². The lowest BCUT2D eigenvalue weighted by atomic mass is 9.97. The van der Waals surface area contributed by atoms with E-state index in [0.717, 1.165) is 16.3 Å². The zero-order chi connectivity index (χ0) is 27.1.